The minimum absolute atomic E-state index is 0.191. The molecule has 4 rings (SSSR count). The van der Waals surface area contributed by atoms with Gasteiger partial charge in [0.2, 0.25) is 0 Å². The molecule has 13 heteroatoms. The Labute approximate surface area is 240 Å². The average molecular weight is 560 g/mol. The zero-order chi connectivity index (χ0) is 29.8. The largest absolute Gasteiger partial charge is 0.493 e. The van der Waals surface area contributed by atoms with Crippen LogP contribution in [0.15, 0.2) is 45.0 Å². The van der Waals surface area contributed by atoms with Crippen LogP contribution in [0.4, 0.5) is 5.69 Å². The predicted octanol–water partition coefficient (Wildman–Crippen LogP) is 1.80. The van der Waals surface area contributed by atoms with Gasteiger partial charge in [0, 0.05) is 31.3 Å². The third kappa shape index (κ3) is 6.68. The summed E-state index contributed by atoms with van der Waals surface area (Å²) in [6, 6.07) is 9.99. The van der Waals surface area contributed by atoms with Crippen molar-refractivity contribution in [2.45, 2.75) is 53.9 Å². The molecule has 0 unspecified atom stereocenters. The Morgan fingerprint density at radius 1 is 1.02 bits per heavy atom. The number of nitrogens with one attached hydrogen (secondary N) is 2. The lowest BCUT2D eigenvalue weighted by atomic mass is 9.88. The Morgan fingerprint density at radius 3 is 2.29 bits per heavy atom. The Morgan fingerprint density at radius 2 is 1.68 bits per heavy atom. The number of nitrogens with zero attached hydrogens (tertiary/aromatic N) is 4. The lowest BCUT2D eigenvalue weighted by Crippen LogP contribution is -2.48. The van der Waals surface area contributed by atoms with Gasteiger partial charge in [0.25, 0.3) is 0 Å². The molecule has 0 bridgehead atoms. The summed E-state index contributed by atoms with van der Waals surface area (Å²) in [6.07, 6.45) is 0.664. The summed E-state index contributed by atoms with van der Waals surface area (Å²) in [5, 5.41) is 25.3. The fraction of sp³-hybridized carbons (Fsp3) is 0.393. The van der Waals surface area contributed by atoms with E-state index >= 15 is 0 Å². The maximum atomic E-state index is 14.0. The zero-order valence-corrected chi connectivity index (χ0v) is 24.8. The summed E-state index contributed by atoms with van der Waals surface area (Å²) in [6.45, 7) is 10.2. The number of hydrogen-bond donors (Lipinski definition) is 4. The maximum Gasteiger partial charge on any atom is 0.431 e. The monoisotopic (exact) mass is 560 g/mol. The summed E-state index contributed by atoms with van der Waals surface area (Å²) in [7, 11) is 1.35. The van der Waals surface area contributed by atoms with Crippen molar-refractivity contribution in [3.05, 3.63) is 68.6 Å². The number of fused-ring (bicyclic) bond motifs is 3. The van der Waals surface area contributed by atoms with Crippen LogP contribution in [-0.4, -0.2) is 60.0 Å². The summed E-state index contributed by atoms with van der Waals surface area (Å²) in [5.74, 6) is 1.47. The van der Waals surface area contributed by atoms with Crippen LogP contribution in [0.5, 0.6) is 11.5 Å². The van der Waals surface area contributed by atoms with Crippen molar-refractivity contribution < 1.29 is 19.5 Å². The SMILES string of the molecule is COc1cc2c(cc1OC)-c1cc(=Nc3c(C)cc(C)cc3C)n(CCN/C(=N/B(C)O)NB(C)O)c(=O)n1CC2. The molecule has 1 aliphatic heterocycles. The predicted molar refractivity (Wildman–Crippen MR) is 163 cm³/mol. The molecule has 11 nitrogen and oxygen atoms in total. The number of aryl methyl sites for hydroxylation is 4. The smallest absolute Gasteiger partial charge is 0.431 e. The molecule has 1 aromatic heterocycles. The van der Waals surface area contributed by atoms with Gasteiger partial charge in [0.1, 0.15) is 5.49 Å². The highest BCUT2D eigenvalue weighted by molar-refractivity contribution is 6.52. The van der Waals surface area contributed by atoms with Crippen LogP contribution < -0.4 is 31.2 Å². The topological polar surface area (TPSA) is 135 Å². The summed E-state index contributed by atoms with van der Waals surface area (Å²) < 4.78 is 14.5. The number of aromatic nitrogens is 2. The van der Waals surface area contributed by atoms with Crippen LogP contribution >= 0.6 is 0 Å². The number of rotatable bonds is 8. The van der Waals surface area contributed by atoms with Crippen molar-refractivity contribution in [2.24, 2.45) is 9.90 Å². The second-order valence-electron chi connectivity index (χ2n) is 10.3. The number of hydrogen-bond acceptors (Lipinski definition) is 7. The van der Waals surface area contributed by atoms with Crippen molar-refractivity contribution >= 4 is 25.7 Å². The minimum atomic E-state index is -0.973. The quantitative estimate of drug-likeness (QED) is 0.188. The average Bonchev–Trinajstić information content (AvgIpc) is 2.90. The highest BCUT2D eigenvalue weighted by Crippen LogP contribution is 2.37. The molecule has 0 spiro atoms. The van der Waals surface area contributed by atoms with Crippen LogP contribution in [0.25, 0.3) is 11.3 Å². The fourth-order valence-corrected chi connectivity index (χ4v) is 5.23. The lowest BCUT2D eigenvalue weighted by Gasteiger charge is -2.25. The Balaban J connectivity index is 1.87. The minimum Gasteiger partial charge on any atom is -0.493 e. The third-order valence-corrected chi connectivity index (χ3v) is 6.94. The van der Waals surface area contributed by atoms with Gasteiger partial charge in [0.05, 0.1) is 25.6 Å². The van der Waals surface area contributed by atoms with Crippen molar-refractivity contribution in [3.63, 3.8) is 0 Å². The van der Waals surface area contributed by atoms with E-state index in [4.69, 9.17) is 14.5 Å². The molecule has 0 aliphatic carbocycles. The Hall–Kier alpha value is -3.96. The summed E-state index contributed by atoms with van der Waals surface area (Å²) >= 11 is 0. The van der Waals surface area contributed by atoms with Crippen LogP contribution in [0, 0.1) is 20.8 Å². The maximum absolute atomic E-state index is 14.0. The number of ether oxygens (including phenoxy) is 2. The van der Waals surface area contributed by atoms with Gasteiger partial charge < -0.3 is 30.1 Å². The third-order valence-electron chi connectivity index (χ3n) is 6.94. The molecule has 0 saturated carbocycles. The first-order valence-electron chi connectivity index (χ1n) is 13.7. The van der Waals surface area contributed by atoms with E-state index < -0.39 is 14.1 Å². The first-order valence-corrected chi connectivity index (χ1v) is 13.7. The van der Waals surface area contributed by atoms with E-state index in [0.29, 0.717) is 36.5 Å². The van der Waals surface area contributed by atoms with E-state index in [9.17, 15) is 14.8 Å². The molecular formula is C28H38B2N6O5. The zero-order valence-electron chi connectivity index (χ0n) is 24.8. The van der Waals surface area contributed by atoms with Gasteiger partial charge in [-0.3, -0.25) is 14.0 Å². The highest BCUT2D eigenvalue weighted by Gasteiger charge is 2.22. The Bertz CT molecular complexity index is 1570. The Kier molecular flexibility index (Phi) is 9.29. The van der Waals surface area contributed by atoms with Gasteiger partial charge >= 0.3 is 19.8 Å². The highest BCUT2D eigenvalue weighted by atomic mass is 16.5. The van der Waals surface area contributed by atoms with E-state index in [2.05, 4.69) is 27.6 Å². The molecule has 1 aliphatic rings. The van der Waals surface area contributed by atoms with E-state index in [0.717, 1.165) is 39.2 Å². The number of methoxy groups -OCH3 is 2. The lowest BCUT2D eigenvalue weighted by molar-refractivity contribution is 0.354. The van der Waals surface area contributed by atoms with E-state index in [1.54, 1.807) is 30.2 Å². The molecule has 0 amide bonds. The molecule has 3 aromatic rings. The van der Waals surface area contributed by atoms with Gasteiger partial charge in [-0.15, -0.1) is 0 Å². The molecule has 0 atom stereocenters. The number of benzene rings is 2. The van der Waals surface area contributed by atoms with Gasteiger partial charge in [-0.25, -0.2) is 9.79 Å². The van der Waals surface area contributed by atoms with Crippen molar-refractivity contribution in [3.8, 4) is 22.8 Å². The van der Waals surface area contributed by atoms with Gasteiger partial charge in [-0.2, -0.15) is 0 Å². The van der Waals surface area contributed by atoms with Gasteiger partial charge in [-0.1, -0.05) is 17.7 Å². The molecule has 0 radical (unpaired) electrons. The molecule has 0 saturated heterocycles. The molecule has 41 heavy (non-hydrogen) atoms. The summed E-state index contributed by atoms with van der Waals surface area (Å²) in [5.41, 5.74) is 7.05. The molecule has 0 fully saturated rings. The first-order chi connectivity index (χ1) is 19.5. The second kappa shape index (κ2) is 12.7. The van der Waals surface area contributed by atoms with Crippen LogP contribution in [0.3, 0.4) is 0 Å². The standard InChI is InChI=1S/C28H38B2N6O5/c1-17-12-18(2)26(19(3)13-17)32-25-16-22-21-15-24(41-7)23(40-6)14-20(21)8-10-35(22)28(37)36(25)11-9-31-27(33-29(4)38)34-30(5)39/h12-16,38-39H,8-11H2,1-7H3,(H2,31,33,34). The fourth-order valence-electron chi connectivity index (χ4n) is 5.23. The van der Waals surface area contributed by atoms with Gasteiger partial charge in [0.15, 0.2) is 17.5 Å². The second-order valence-corrected chi connectivity index (χ2v) is 10.3. The van der Waals surface area contributed by atoms with E-state index in [-0.39, 0.29) is 18.2 Å². The first kappa shape index (κ1) is 30.0. The van der Waals surface area contributed by atoms with Crippen molar-refractivity contribution in [2.75, 3.05) is 20.8 Å². The molecular weight excluding hydrogens is 522 g/mol. The molecule has 2 aromatic carbocycles. The van der Waals surface area contributed by atoms with Crippen LogP contribution in [0.2, 0.25) is 13.6 Å². The van der Waals surface area contributed by atoms with Gasteiger partial charge in [-0.05, 0) is 69.7 Å². The molecule has 2 heterocycles. The van der Waals surface area contributed by atoms with E-state index in [1.807, 2.05) is 39.0 Å². The van der Waals surface area contributed by atoms with Crippen LogP contribution in [0.1, 0.15) is 22.3 Å². The van der Waals surface area contributed by atoms with Crippen molar-refractivity contribution in [1.29, 1.82) is 0 Å². The summed E-state index contributed by atoms with van der Waals surface area (Å²) in [4.78, 5) is 23.1. The van der Waals surface area contributed by atoms with E-state index in [1.165, 1.54) is 6.82 Å². The van der Waals surface area contributed by atoms with Crippen molar-refractivity contribution in [1.82, 2.24) is 19.7 Å². The molecule has 216 valence electrons. The number of guanidine groups is 1. The molecule has 4 N–H and O–H groups in total. The normalized spacial score (nSPS) is 12.9. The van der Waals surface area contributed by atoms with Crippen LogP contribution in [-0.2, 0) is 19.5 Å².